The van der Waals surface area contributed by atoms with E-state index >= 15 is 0 Å². The van der Waals surface area contributed by atoms with E-state index in [-0.39, 0.29) is 11.8 Å². The highest BCUT2D eigenvalue weighted by Gasteiger charge is 2.03. The van der Waals surface area contributed by atoms with Crippen LogP contribution in [0.25, 0.3) is 0 Å². The van der Waals surface area contributed by atoms with Crippen molar-refractivity contribution in [3.8, 4) is 5.75 Å². The van der Waals surface area contributed by atoms with E-state index in [9.17, 15) is 4.39 Å². The quantitative estimate of drug-likeness (QED) is 0.751. The van der Waals surface area contributed by atoms with Crippen LogP contribution in [0.15, 0.2) is 54.7 Å². The third kappa shape index (κ3) is 3.91. The summed E-state index contributed by atoms with van der Waals surface area (Å²) in [7, 11) is 1.60. The van der Waals surface area contributed by atoms with Gasteiger partial charge in [0, 0.05) is 17.4 Å². The second-order valence-corrected chi connectivity index (χ2v) is 4.66. The number of hydrogen-bond acceptors (Lipinski definition) is 6. The van der Waals surface area contributed by atoms with Gasteiger partial charge in [0.05, 0.1) is 13.3 Å². The first-order valence-corrected chi connectivity index (χ1v) is 6.86. The molecule has 6 nitrogen and oxygen atoms in total. The summed E-state index contributed by atoms with van der Waals surface area (Å²) in [5.41, 5.74) is 1.35. The van der Waals surface area contributed by atoms with Crippen molar-refractivity contribution in [3.63, 3.8) is 0 Å². The lowest BCUT2D eigenvalue weighted by atomic mass is 10.3. The van der Waals surface area contributed by atoms with Crippen molar-refractivity contribution < 1.29 is 9.13 Å². The number of anilines is 4. The highest BCUT2D eigenvalue weighted by Crippen LogP contribution is 2.21. The maximum atomic E-state index is 13.2. The summed E-state index contributed by atoms with van der Waals surface area (Å²) in [6.45, 7) is 0. The minimum absolute atomic E-state index is 0.267. The van der Waals surface area contributed by atoms with Crippen molar-refractivity contribution in [1.29, 1.82) is 0 Å². The molecule has 0 spiro atoms. The largest absolute Gasteiger partial charge is 0.497 e. The Kier molecular flexibility index (Phi) is 4.28. The Morgan fingerprint density at radius 2 is 1.78 bits per heavy atom. The Balaban J connectivity index is 1.76. The number of nitrogens with one attached hydrogen (secondary N) is 2. The van der Waals surface area contributed by atoms with E-state index in [1.54, 1.807) is 19.2 Å². The molecule has 1 aromatic heterocycles. The molecule has 7 heteroatoms. The molecule has 0 aliphatic carbocycles. The van der Waals surface area contributed by atoms with Gasteiger partial charge in [-0.15, -0.1) is 5.10 Å². The summed E-state index contributed by atoms with van der Waals surface area (Å²) >= 11 is 0. The first kappa shape index (κ1) is 14.7. The van der Waals surface area contributed by atoms with E-state index in [2.05, 4.69) is 25.8 Å². The average molecular weight is 311 g/mol. The zero-order valence-corrected chi connectivity index (χ0v) is 12.3. The monoisotopic (exact) mass is 311 g/mol. The number of nitrogens with zero attached hydrogens (tertiary/aromatic N) is 3. The summed E-state index contributed by atoms with van der Waals surface area (Å²) in [5.74, 6) is 1.17. The molecular weight excluding hydrogens is 297 g/mol. The van der Waals surface area contributed by atoms with Crippen molar-refractivity contribution >= 4 is 23.1 Å². The number of hydrogen-bond donors (Lipinski definition) is 2. The average Bonchev–Trinajstić information content (AvgIpc) is 2.55. The Labute approximate surface area is 132 Å². The molecular formula is C16H14FN5O. The number of aromatic nitrogens is 3. The molecule has 0 atom stereocenters. The van der Waals surface area contributed by atoms with Gasteiger partial charge in [0.1, 0.15) is 11.6 Å². The molecule has 2 N–H and O–H groups in total. The highest BCUT2D eigenvalue weighted by molar-refractivity contribution is 5.59. The molecule has 0 unspecified atom stereocenters. The van der Waals surface area contributed by atoms with Gasteiger partial charge in [-0.25, -0.2) is 4.39 Å². The van der Waals surface area contributed by atoms with Gasteiger partial charge in [0.15, 0.2) is 5.82 Å². The van der Waals surface area contributed by atoms with E-state index in [0.29, 0.717) is 11.5 Å². The summed E-state index contributed by atoms with van der Waals surface area (Å²) in [4.78, 5) is 4.29. The van der Waals surface area contributed by atoms with Gasteiger partial charge in [-0.1, -0.05) is 12.1 Å². The lowest BCUT2D eigenvalue weighted by Gasteiger charge is -2.08. The molecule has 0 saturated carbocycles. The molecule has 0 aliphatic rings. The minimum atomic E-state index is -0.339. The summed E-state index contributed by atoms with van der Waals surface area (Å²) in [6.07, 6.45) is 1.50. The SMILES string of the molecule is COc1cccc(Nc2cnnc(Nc3cccc(F)c3)n2)c1. The standard InChI is InChI=1S/C16H14FN5O/c1-23-14-7-3-6-13(9-14)19-15-10-18-22-16(21-15)20-12-5-2-4-11(17)8-12/h2-10H,1H3,(H2,19,20,21,22). The second kappa shape index (κ2) is 6.69. The van der Waals surface area contributed by atoms with Crippen LogP contribution in [0.4, 0.5) is 27.5 Å². The molecule has 1 heterocycles. The van der Waals surface area contributed by atoms with Crippen LogP contribution in [0.2, 0.25) is 0 Å². The van der Waals surface area contributed by atoms with Crippen LogP contribution in [0.5, 0.6) is 5.75 Å². The van der Waals surface area contributed by atoms with Gasteiger partial charge in [-0.3, -0.25) is 0 Å². The van der Waals surface area contributed by atoms with Gasteiger partial charge in [-0.2, -0.15) is 10.1 Å². The first-order valence-electron chi connectivity index (χ1n) is 6.86. The van der Waals surface area contributed by atoms with E-state index in [1.807, 2.05) is 24.3 Å². The van der Waals surface area contributed by atoms with E-state index < -0.39 is 0 Å². The molecule has 23 heavy (non-hydrogen) atoms. The Morgan fingerprint density at radius 3 is 2.57 bits per heavy atom. The predicted octanol–water partition coefficient (Wildman–Crippen LogP) is 3.51. The number of ether oxygens (including phenoxy) is 1. The van der Waals surface area contributed by atoms with E-state index in [1.165, 1.54) is 18.3 Å². The zero-order chi connectivity index (χ0) is 16.1. The lowest BCUT2D eigenvalue weighted by molar-refractivity contribution is 0.415. The molecule has 2 aromatic carbocycles. The number of rotatable bonds is 5. The molecule has 0 aliphatic heterocycles. The molecule has 0 radical (unpaired) electrons. The number of benzene rings is 2. The van der Waals surface area contributed by atoms with Gasteiger partial charge >= 0.3 is 0 Å². The van der Waals surface area contributed by atoms with Crippen LogP contribution < -0.4 is 15.4 Å². The van der Waals surface area contributed by atoms with Gasteiger partial charge < -0.3 is 15.4 Å². The number of halogens is 1. The van der Waals surface area contributed by atoms with Crippen molar-refractivity contribution in [2.24, 2.45) is 0 Å². The summed E-state index contributed by atoms with van der Waals surface area (Å²) in [5, 5.41) is 13.8. The Morgan fingerprint density at radius 1 is 1.00 bits per heavy atom. The fourth-order valence-electron chi connectivity index (χ4n) is 1.96. The van der Waals surface area contributed by atoms with Crippen molar-refractivity contribution in [2.45, 2.75) is 0 Å². The van der Waals surface area contributed by atoms with Crippen LogP contribution in [-0.2, 0) is 0 Å². The van der Waals surface area contributed by atoms with Crippen LogP contribution in [0.1, 0.15) is 0 Å². The van der Waals surface area contributed by atoms with Gasteiger partial charge in [0.2, 0.25) is 5.95 Å². The van der Waals surface area contributed by atoms with Gasteiger partial charge in [0.25, 0.3) is 0 Å². The number of methoxy groups -OCH3 is 1. The molecule has 116 valence electrons. The maximum absolute atomic E-state index is 13.2. The summed E-state index contributed by atoms with van der Waals surface area (Å²) < 4.78 is 18.4. The van der Waals surface area contributed by atoms with Crippen LogP contribution in [-0.4, -0.2) is 22.3 Å². The molecule has 0 amide bonds. The topological polar surface area (TPSA) is 72.0 Å². The maximum Gasteiger partial charge on any atom is 0.249 e. The Hall–Kier alpha value is -3.22. The smallest absolute Gasteiger partial charge is 0.249 e. The zero-order valence-electron chi connectivity index (χ0n) is 12.3. The Bertz CT molecular complexity index is 812. The van der Waals surface area contributed by atoms with Crippen molar-refractivity contribution in [2.75, 3.05) is 17.7 Å². The fourth-order valence-corrected chi connectivity index (χ4v) is 1.96. The second-order valence-electron chi connectivity index (χ2n) is 4.66. The third-order valence-corrected chi connectivity index (χ3v) is 2.98. The summed E-state index contributed by atoms with van der Waals surface area (Å²) in [6, 6.07) is 13.5. The van der Waals surface area contributed by atoms with Crippen LogP contribution in [0.3, 0.4) is 0 Å². The normalized spacial score (nSPS) is 10.2. The first-order chi connectivity index (χ1) is 11.2. The fraction of sp³-hybridized carbons (Fsp3) is 0.0625. The van der Waals surface area contributed by atoms with Crippen LogP contribution in [0, 0.1) is 5.82 Å². The van der Waals surface area contributed by atoms with Crippen molar-refractivity contribution in [3.05, 3.63) is 60.5 Å². The highest BCUT2D eigenvalue weighted by atomic mass is 19.1. The minimum Gasteiger partial charge on any atom is -0.497 e. The molecule has 0 fully saturated rings. The molecule has 0 bridgehead atoms. The van der Waals surface area contributed by atoms with Gasteiger partial charge in [-0.05, 0) is 30.3 Å². The third-order valence-electron chi connectivity index (χ3n) is 2.98. The molecule has 3 aromatic rings. The molecule has 0 saturated heterocycles. The predicted molar refractivity (Wildman–Crippen MR) is 85.8 cm³/mol. The van der Waals surface area contributed by atoms with Crippen molar-refractivity contribution in [1.82, 2.24) is 15.2 Å². The van der Waals surface area contributed by atoms with E-state index in [0.717, 1.165) is 11.4 Å². The lowest BCUT2D eigenvalue weighted by Crippen LogP contribution is -2.02. The van der Waals surface area contributed by atoms with E-state index in [4.69, 9.17) is 4.74 Å². The van der Waals surface area contributed by atoms with Crippen LogP contribution >= 0.6 is 0 Å². The molecule has 3 rings (SSSR count).